The van der Waals surface area contributed by atoms with Gasteiger partial charge in [0, 0.05) is 25.4 Å². The fourth-order valence-electron chi connectivity index (χ4n) is 3.46. The van der Waals surface area contributed by atoms with Gasteiger partial charge < -0.3 is 9.74 Å². The zero-order valence-electron chi connectivity index (χ0n) is 12.2. The molecule has 2 atom stereocenters. The van der Waals surface area contributed by atoms with Crippen molar-refractivity contribution in [2.45, 2.75) is 19.3 Å². The fourth-order valence-corrected chi connectivity index (χ4v) is 3.46. The minimum Gasteiger partial charge on any atom is -0.357 e. The molecule has 2 bridgehead atoms. The van der Waals surface area contributed by atoms with Crippen molar-refractivity contribution in [2.24, 2.45) is 11.1 Å². The fraction of sp³-hybridized carbons (Fsp3) is 0.389. The van der Waals surface area contributed by atoms with Crippen LogP contribution in [0.2, 0.25) is 0 Å². The van der Waals surface area contributed by atoms with Gasteiger partial charge in [0.2, 0.25) is 0 Å². The van der Waals surface area contributed by atoms with Gasteiger partial charge in [-0.1, -0.05) is 35.5 Å². The molecule has 108 valence electrons. The van der Waals surface area contributed by atoms with Crippen LogP contribution in [0.1, 0.15) is 19.3 Å². The topological polar surface area (TPSA) is 24.8 Å². The van der Waals surface area contributed by atoms with Crippen LogP contribution in [0.15, 0.2) is 47.6 Å². The smallest absolute Gasteiger partial charge is 0.158 e. The minimum absolute atomic E-state index is 0.605. The van der Waals surface area contributed by atoms with Gasteiger partial charge in [-0.15, -0.1) is 0 Å². The van der Waals surface area contributed by atoms with E-state index >= 15 is 0 Å². The van der Waals surface area contributed by atoms with Gasteiger partial charge in [-0.3, -0.25) is 0 Å². The lowest BCUT2D eigenvalue weighted by atomic mass is 9.88. The predicted molar refractivity (Wildman–Crippen MR) is 85.8 cm³/mol. The normalized spacial score (nSPS) is 27.0. The first-order valence-electron chi connectivity index (χ1n) is 7.83. The molecule has 2 saturated heterocycles. The van der Waals surface area contributed by atoms with Crippen molar-refractivity contribution in [3.05, 3.63) is 42.5 Å². The Bertz CT molecular complexity index is 680. The summed E-state index contributed by atoms with van der Waals surface area (Å²) in [6.07, 6.45) is 3.61. The zero-order chi connectivity index (χ0) is 14.1. The van der Waals surface area contributed by atoms with E-state index in [1.54, 1.807) is 0 Å². The summed E-state index contributed by atoms with van der Waals surface area (Å²) in [5, 5.41) is 6.90. The molecule has 0 aromatic heterocycles. The number of oxime groups is 1. The standard InChI is InChI=1S/C18H20N2O/c1-2-5-15-12-17(8-7-14(15)4-1)21-19-18-9-11-20-10-3-6-16(18)13-20/h1-2,4-5,7-8,12,16H,3,6,9-11,13H2. The first-order valence-corrected chi connectivity index (χ1v) is 7.83. The lowest BCUT2D eigenvalue weighted by Gasteiger charge is -2.37. The molecule has 4 rings (SSSR count). The minimum atomic E-state index is 0.605. The van der Waals surface area contributed by atoms with E-state index in [1.807, 2.05) is 6.07 Å². The van der Waals surface area contributed by atoms with Crippen LogP contribution in [0.4, 0.5) is 0 Å². The van der Waals surface area contributed by atoms with Gasteiger partial charge in [0.25, 0.3) is 0 Å². The second kappa shape index (κ2) is 5.49. The molecule has 0 N–H and O–H groups in total. The van der Waals surface area contributed by atoms with Crippen molar-refractivity contribution in [3.8, 4) is 5.75 Å². The maximum Gasteiger partial charge on any atom is 0.158 e. The lowest BCUT2D eigenvalue weighted by Crippen LogP contribution is -2.45. The second-order valence-corrected chi connectivity index (χ2v) is 6.07. The van der Waals surface area contributed by atoms with E-state index in [0.29, 0.717) is 5.92 Å². The molecule has 3 heteroatoms. The maximum atomic E-state index is 5.71. The Labute approximate surface area is 125 Å². The molecule has 21 heavy (non-hydrogen) atoms. The van der Waals surface area contributed by atoms with E-state index in [0.717, 1.165) is 18.7 Å². The third-order valence-electron chi connectivity index (χ3n) is 4.65. The second-order valence-electron chi connectivity index (χ2n) is 6.07. The molecular formula is C18H20N2O. The van der Waals surface area contributed by atoms with Crippen LogP contribution in [-0.4, -0.2) is 30.2 Å². The van der Waals surface area contributed by atoms with Crippen LogP contribution in [0, 0.1) is 5.92 Å². The van der Waals surface area contributed by atoms with Crippen molar-refractivity contribution in [1.82, 2.24) is 4.90 Å². The van der Waals surface area contributed by atoms with Crippen LogP contribution in [0.5, 0.6) is 5.75 Å². The van der Waals surface area contributed by atoms with Crippen molar-refractivity contribution in [2.75, 3.05) is 19.6 Å². The molecule has 2 fully saturated rings. The van der Waals surface area contributed by atoms with Crippen LogP contribution in [0.3, 0.4) is 0 Å². The van der Waals surface area contributed by atoms with Gasteiger partial charge >= 0.3 is 0 Å². The molecule has 0 saturated carbocycles. The summed E-state index contributed by atoms with van der Waals surface area (Å²) in [7, 11) is 0. The molecule has 2 aromatic rings. The van der Waals surface area contributed by atoms with E-state index in [4.69, 9.17) is 4.84 Å². The Kier molecular flexibility index (Phi) is 3.36. The Balaban J connectivity index is 1.53. The van der Waals surface area contributed by atoms with Gasteiger partial charge in [-0.05, 0) is 42.3 Å². The molecule has 0 amide bonds. The Morgan fingerprint density at radius 3 is 2.90 bits per heavy atom. The van der Waals surface area contributed by atoms with Crippen LogP contribution in [-0.2, 0) is 0 Å². The van der Waals surface area contributed by atoms with Gasteiger partial charge in [0.05, 0.1) is 5.71 Å². The summed E-state index contributed by atoms with van der Waals surface area (Å²) in [4.78, 5) is 8.26. The molecule has 0 spiro atoms. The summed E-state index contributed by atoms with van der Waals surface area (Å²) >= 11 is 0. The quantitative estimate of drug-likeness (QED) is 0.784. The zero-order valence-corrected chi connectivity index (χ0v) is 12.2. The summed E-state index contributed by atoms with van der Waals surface area (Å²) < 4.78 is 0. The Morgan fingerprint density at radius 1 is 1.05 bits per heavy atom. The van der Waals surface area contributed by atoms with Crippen LogP contribution in [0.25, 0.3) is 10.8 Å². The predicted octanol–water partition coefficient (Wildman–Crippen LogP) is 3.69. The third-order valence-corrected chi connectivity index (χ3v) is 4.65. The summed E-state index contributed by atoms with van der Waals surface area (Å²) in [5.74, 6) is 1.44. The number of fused-ring (bicyclic) bond motifs is 3. The summed E-state index contributed by atoms with van der Waals surface area (Å²) in [6.45, 7) is 3.56. The monoisotopic (exact) mass is 280 g/mol. The highest BCUT2D eigenvalue weighted by Crippen LogP contribution is 2.25. The molecule has 2 heterocycles. The molecule has 2 aliphatic heterocycles. The van der Waals surface area contributed by atoms with Crippen LogP contribution < -0.4 is 4.84 Å². The Hall–Kier alpha value is -1.87. The number of rotatable bonds is 2. The Morgan fingerprint density at radius 2 is 1.95 bits per heavy atom. The van der Waals surface area contributed by atoms with E-state index in [1.165, 1.54) is 42.4 Å². The van der Waals surface area contributed by atoms with Crippen molar-refractivity contribution in [3.63, 3.8) is 0 Å². The average molecular weight is 280 g/mol. The number of benzene rings is 2. The average Bonchev–Trinajstić information content (AvgIpc) is 2.54. The van der Waals surface area contributed by atoms with E-state index in [9.17, 15) is 0 Å². The number of hydrogen-bond acceptors (Lipinski definition) is 3. The lowest BCUT2D eigenvalue weighted by molar-refractivity contribution is 0.184. The number of nitrogens with zero attached hydrogens (tertiary/aromatic N) is 2. The van der Waals surface area contributed by atoms with E-state index in [2.05, 4.69) is 46.5 Å². The molecule has 0 aliphatic carbocycles. The third kappa shape index (κ3) is 2.66. The number of hydrogen-bond donors (Lipinski definition) is 0. The van der Waals surface area contributed by atoms with E-state index < -0.39 is 0 Å². The van der Waals surface area contributed by atoms with Gasteiger partial charge in [-0.2, -0.15) is 0 Å². The highest BCUT2D eigenvalue weighted by atomic mass is 16.6. The van der Waals surface area contributed by atoms with Gasteiger partial charge in [0.1, 0.15) is 0 Å². The summed E-state index contributed by atoms with van der Waals surface area (Å²) in [6, 6.07) is 14.5. The molecular weight excluding hydrogens is 260 g/mol. The molecule has 0 radical (unpaired) electrons. The van der Waals surface area contributed by atoms with E-state index in [-0.39, 0.29) is 0 Å². The first-order chi connectivity index (χ1) is 10.4. The SMILES string of the molecule is c1ccc2cc(ON=C3CCN4CCCC3C4)ccc2c1. The molecule has 2 aliphatic rings. The summed E-state index contributed by atoms with van der Waals surface area (Å²) in [5.41, 5.74) is 1.25. The van der Waals surface area contributed by atoms with Gasteiger partial charge in [-0.25, -0.2) is 0 Å². The number of piperidine rings is 2. The maximum absolute atomic E-state index is 5.71. The first kappa shape index (κ1) is 12.8. The molecule has 3 nitrogen and oxygen atoms in total. The van der Waals surface area contributed by atoms with Crippen molar-refractivity contribution >= 4 is 16.5 Å². The molecule has 2 unspecified atom stereocenters. The van der Waals surface area contributed by atoms with Crippen LogP contribution >= 0.6 is 0 Å². The highest BCUT2D eigenvalue weighted by Gasteiger charge is 2.29. The largest absolute Gasteiger partial charge is 0.357 e. The molecule has 2 aromatic carbocycles. The van der Waals surface area contributed by atoms with Crippen molar-refractivity contribution < 1.29 is 4.84 Å². The van der Waals surface area contributed by atoms with Gasteiger partial charge in [0.15, 0.2) is 5.75 Å². The highest BCUT2D eigenvalue weighted by molar-refractivity contribution is 5.88. The van der Waals surface area contributed by atoms with Crippen molar-refractivity contribution in [1.29, 1.82) is 0 Å².